The molecule has 0 spiro atoms. The van der Waals surface area contributed by atoms with Crippen molar-refractivity contribution in [1.82, 2.24) is 0 Å². The van der Waals surface area contributed by atoms with Crippen molar-refractivity contribution in [3.63, 3.8) is 0 Å². The van der Waals surface area contributed by atoms with E-state index in [1.165, 1.54) is 11.6 Å². The quantitative estimate of drug-likeness (QED) is 0.792. The molecule has 5 heteroatoms. The Morgan fingerprint density at radius 2 is 1.91 bits per heavy atom. The van der Waals surface area contributed by atoms with Crippen LogP contribution >= 0.6 is 15.9 Å². The van der Waals surface area contributed by atoms with Crippen LogP contribution in [0.1, 0.15) is 25.5 Å². The fourth-order valence-electron chi connectivity index (χ4n) is 2.49. The van der Waals surface area contributed by atoms with Gasteiger partial charge in [0.05, 0.1) is 5.69 Å². The van der Waals surface area contributed by atoms with Crippen molar-refractivity contribution in [3.8, 4) is 0 Å². The molecule has 3 nitrogen and oxygen atoms in total. The lowest BCUT2D eigenvalue weighted by atomic mass is 9.96. The van der Waals surface area contributed by atoms with Crippen molar-refractivity contribution in [2.24, 2.45) is 5.92 Å². The Hall–Kier alpha value is -1.72. The highest BCUT2D eigenvalue weighted by atomic mass is 79.9. The molecule has 1 atom stereocenters. The zero-order valence-electron chi connectivity index (χ0n) is 13.2. The van der Waals surface area contributed by atoms with Crippen LogP contribution < -0.4 is 10.6 Å². The van der Waals surface area contributed by atoms with Gasteiger partial charge in [-0.1, -0.05) is 60.1 Å². The Labute approximate surface area is 144 Å². The number of halogens is 2. The molecule has 122 valence electrons. The maximum atomic E-state index is 13.7. The van der Waals surface area contributed by atoms with Gasteiger partial charge in [-0.05, 0) is 18.2 Å². The topological polar surface area (TPSA) is 45.7 Å². The first-order valence-corrected chi connectivity index (χ1v) is 8.40. The standard InChI is InChI=1S/C18H20BrFN2O/c1-12(2)18(13-6-4-3-5-7-13)21-11-17(23)22-16-9-8-14(19)10-15(16)20/h3-10,12,18,21H,11H2,1-2H3,(H,22,23)/p+1/t18-/m1/s1. The number of nitrogens with one attached hydrogen (secondary N) is 1. The fraction of sp³-hybridized carbons (Fsp3) is 0.278. The van der Waals surface area contributed by atoms with Gasteiger partial charge in [0.2, 0.25) is 0 Å². The summed E-state index contributed by atoms with van der Waals surface area (Å²) in [7, 11) is 0. The van der Waals surface area contributed by atoms with Crippen molar-refractivity contribution in [3.05, 3.63) is 64.4 Å². The number of amides is 1. The molecule has 0 unspecified atom stereocenters. The molecular weight excluding hydrogens is 359 g/mol. The van der Waals surface area contributed by atoms with Crippen LogP contribution in [0.2, 0.25) is 0 Å². The molecule has 0 fully saturated rings. The number of rotatable bonds is 6. The summed E-state index contributed by atoms with van der Waals surface area (Å²) in [4.78, 5) is 12.1. The molecule has 0 aromatic heterocycles. The molecule has 0 heterocycles. The van der Waals surface area contributed by atoms with Crippen LogP contribution in [0.25, 0.3) is 0 Å². The SMILES string of the molecule is CC(C)[C@@H]([NH2+]CC(=O)Nc1ccc(Br)cc1F)c1ccccc1. The van der Waals surface area contributed by atoms with Gasteiger partial charge in [-0.3, -0.25) is 4.79 Å². The normalized spacial score (nSPS) is 12.2. The average Bonchev–Trinajstić information content (AvgIpc) is 2.51. The summed E-state index contributed by atoms with van der Waals surface area (Å²) in [6.07, 6.45) is 0. The number of carbonyl (C=O) groups excluding carboxylic acids is 1. The van der Waals surface area contributed by atoms with E-state index in [0.29, 0.717) is 10.4 Å². The van der Waals surface area contributed by atoms with Crippen LogP contribution in [0.5, 0.6) is 0 Å². The van der Waals surface area contributed by atoms with Gasteiger partial charge < -0.3 is 10.6 Å². The summed E-state index contributed by atoms with van der Waals surface area (Å²) in [6, 6.07) is 14.9. The number of nitrogens with two attached hydrogens (primary N) is 1. The fourth-order valence-corrected chi connectivity index (χ4v) is 2.83. The molecule has 0 aliphatic carbocycles. The number of quaternary nitrogens is 1. The highest BCUT2D eigenvalue weighted by Crippen LogP contribution is 2.19. The van der Waals surface area contributed by atoms with E-state index in [1.54, 1.807) is 12.1 Å². The Morgan fingerprint density at radius 3 is 2.52 bits per heavy atom. The number of anilines is 1. The third kappa shape index (κ3) is 5.15. The van der Waals surface area contributed by atoms with Crippen molar-refractivity contribution < 1.29 is 14.5 Å². The molecule has 0 aliphatic rings. The monoisotopic (exact) mass is 379 g/mol. The molecule has 2 aromatic carbocycles. The van der Waals surface area contributed by atoms with Crippen molar-refractivity contribution in [2.45, 2.75) is 19.9 Å². The van der Waals surface area contributed by atoms with Gasteiger partial charge in [0, 0.05) is 16.0 Å². The number of carbonyl (C=O) groups is 1. The molecule has 2 aromatic rings. The Kier molecular flexibility index (Phi) is 6.30. The van der Waals surface area contributed by atoms with Crippen molar-refractivity contribution >= 4 is 27.5 Å². The lowest BCUT2D eigenvalue weighted by Crippen LogP contribution is -2.88. The summed E-state index contributed by atoms with van der Waals surface area (Å²) < 4.78 is 14.4. The largest absolute Gasteiger partial charge is 0.332 e. The minimum atomic E-state index is -0.448. The van der Waals surface area contributed by atoms with Gasteiger partial charge in [0.25, 0.3) is 5.91 Å². The van der Waals surface area contributed by atoms with Crippen LogP contribution in [0.3, 0.4) is 0 Å². The number of hydrogen-bond donors (Lipinski definition) is 2. The van der Waals surface area contributed by atoms with Gasteiger partial charge in [0.15, 0.2) is 6.54 Å². The summed E-state index contributed by atoms with van der Waals surface area (Å²) in [5.74, 6) is -0.279. The van der Waals surface area contributed by atoms with E-state index in [1.807, 2.05) is 23.5 Å². The van der Waals surface area contributed by atoms with Gasteiger partial charge in [-0.15, -0.1) is 0 Å². The third-order valence-corrected chi connectivity index (χ3v) is 4.16. The van der Waals surface area contributed by atoms with Crippen molar-refractivity contribution in [2.75, 3.05) is 11.9 Å². The van der Waals surface area contributed by atoms with Crippen LogP contribution in [0.15, 0.2) is 53.0 Å². The van der Waals surface area contributed by atoms with E-state index < -0.39 is 5.82 Å². The van der Waals surface area contributed by atoms with E-state index in [-0.39, 0.29) is 24.2 Å². The zero-order valence-corrected chi connectivity index (χ0v) is 14.8. The predicted molar refractivity (Wildman–Crippen MR) is 93.5 cm³/mol. The maximum absolute atomic E-state index is 13.7. The summed E-state index contributed by atoms with van der Waals surface area (Å²) in [6.45, 7) is 4.49. The molecule has 0 saturated carbocycles. The second-order valence-electron chi connectivity index (χ2n) is 5.79. The first-order valence-electron chi connectivity index (χ1n) is 7.60. The van der Waals surface area contributed by atoms with Crippen LogP contribution in [-0.4, -0.2) is 12.5 Å². The molecule has 0 aliphatic heterocycles. The average molecular weight is 380 g/mol. The molecule has 2 rings (SSSR count). The van der Waals surface area contributed by atoms with Gasteiger partial charge in [0.1, 0.15) is 11.9 Å². The van der Waals surface area contributed by atoms with Gasteiger partial charge in [-0.25, -0.2) is 4.39 Å². The Bertz CT molecular complexity index is 661. The van der Waals surface area contributed by atoms with Gasteiger partial charge >= 0.3 is 0 Å². The smallest absolute Gasteiger partial charge is 0.279 e. The molecule has 3 N–H and O–H groups in total. The minimum Gasteiger partial charge on any atom is -0.332 e. The third-order valence-electron chi connectivity index (χ3n) is 3.67. The molecule has 0 saturated heterocycles. The van der Waals surface area contributed by atoms with E-state index >= 15 is 0 Å². The van der Waals surface area contributed by atoms with Crippen LogP contribution in [0, 0.1) is 11.7 Å². The lowest BCUT2D eigenvalue weighted by molar-refractivity contribution is -0.692. The summed E-state index contributed by atoms with van der Waals surface area (Å²) in [5.41, 5.74) is 1.39. The lowest BCUT2D eigenvalue weighted by Gasteiger charge is -2.19. The van der Waals surface area contributed by atoms with Crippen LogP contribution in [-0.2, 0) is 4.79 Å². The van der Waals surface area contributed by atoms with Crippen molar-refractivity contribution in [1.29, 1.82) is 0 Å². The second-order valence-corrected chi connectivity index (χ2v) is 6.71. The maximum Gasteiger partial charge on any atom is 0.279 e. The van der Waals surface area contributed by atoms with E-state index in [9.17, 15) is 9.18 Å². The van der Waals surface area contributed by atoms with E-state index in [0.717, 1.165) is 0 Å². The van der Waals surface area contributed by atoms with Gasteiger partial charge in [-0.2, -0.15) is 0 Å². The predicted octanol–water partition coefficient (Wildman–Crippen LogP) is 3.49. The van der Waals surface area contributed by atoms with E-state index in [2.05, 4.69) is 47.2 Å². The number of hydrogen-bond acceptors (Lipinski definition) is 1. The first kappa shape index (κ1) is 17.6. The summed E-state index contributed by atoms with van der Waals surface area (Å²) >= 11 is 3.20. The first-order chi connectivity index (χ1) is 11.0. The molecule has 0 radical (unpaired) electrons. The Balaban J connectivity index is 1.97. The Morgan fingerprint density at radius 1 is 1.22 bits per heavy atom. The highest BCUT2D eigenvalue weighted by molar-refractivity contribution is 9.10. The molecular formula is C18H21BrFN2O+. The van der Waals surface area contributed by atoms with E-state index in [4.69, 9.17) is 0 Å². The summed E-state index contributed by atoms with van der Waals surface area (Å²) in [5, 5.41) is 4.61. The van der Waals surface area contributed by atoms with Crippen LogP contribution in [0.4, 0.5) is 10.1 Å². The minimum absolute atomic E-state index is 0.191. The molecule has 0 bridgehead atoms. The zero-order chi connectivity index (χ0) is 16.8. The molecule has 1 amide bonds. The number of benzene rings is 2. The molecule has 23 heavy (non-hydrogen) atoms. The highest BCUT2D eigenvalue weighted by Gasteiger charge is 2.20. The second kappa shape index (κ2) is 8.22.